The fourth-order valence-corrected chi connectivity index (χ4v) is 4.07. The summed E-state index contributed by atoms with van der Waals surface area (Å²) in [4.78, 5) is 5.04. The fourth-order valence-electron chi connectivity index (χ4n) is 4.07. The van der Waals surface area contributed by atoms with Crippen molar-refractivity contribution in [1.82, 2.24) is 0 Å². The smallest absolute Gasteiger partial charge is 0.0414 e. The van der Waals surface area contributed by atoms with Crippen LogP contribution < -0.4 is 0 Å². The molecule has 4 atom stereocenters. The van der Waals surface area contributed by atoms with Gasteiger partial charge in [0.25, 0.3) is 0 Å². The Kier molecular flexibility index (Phi) is 4.20. The molecule has 1 heterocycles. The Hall–Kier alpha value is -0.850. The molecular weight excluding hydrogens is 230 g/mol. The minimum absolute atomic E-state index is 0.747. The Balaban J connectivity index is 1.79. The summed E-state index contributed by atoms with van der Waals surface area (Å²) in [6.45, 7) is 3.45. The van der Waals surface area contributed by atoms with E-state index >= 15 is 0 Å². The number of hydrogen-bond acceptors (Lipinski definition) is 1. The first kappa shape index (κ1) is 13.1. The fraction of sp³-hybridized carbons (Fsp3) is 0.722. The zero-order valence-electron chi connectivity index (χ0n) is 12.2. The van der Waals surface area contributed by atoms with Crippen molar-refractivity contribution in [3.63, 3.8) is 0 Å². The molecule has 0 aromatic heterocycles. The van der Waals surface area contributed by atoms with Crippen molar-refractivity contribution in [2.75, 3.05) is 6.54 Å². The van der Waals surface area contributed by atoms with Gasteiger partial charge in [-0.05, 0) is 56.8 Å². The quantitative estimate of drug-likeness (QED) is 0.630. The van der Waals surface area contributed by atoms with Gasteiger partial charge in [0.1, 0.15) is 0 Å². The van der Waals surface area contributed by atoms with Crippen LogP contribution in [0.3, 0.4) is 0 Å². The van der Waals surface area contributed by atoms with Crippen LogP contribution in [-0.2, 0) is 0 Å². The Morgan fingerprint density at radius 3 is 2.79 bits per heavy atom. The summed E-state index contributed by atoms with van der Waals surface area (Å²) in [6.07, 6.45) is 18.9. The third kappa shape index (κ3) is 3.01. The average Bonchev–Trinajstić information content (AvgIpc) is 2.49. The highest BCUT2D eigenvalue weighted by molar-refractivity contribution is 5.90. The number of rotatable bonds is 2. The topological polar surface area (TPSA) is 12.4 Å². The molecule has 3 aliphatic rings. The molecular formula is C18H27N. The molecule has 3 rings (SSSR count). The van der Waals surface area contributed by atoms with Crippen molar-refractivity contribution >= 4 is 5.71 Å². The standard InChI is InChI=1S/C18H27N/c1-14-12-17(15-8-4-2-5-9-15)18(19-13-14)16-10-6-3-7-11-16/h3-4,6,8,14-17H,2,5,7,9-13H2,1H3. The van der Waals surface area contributed by atoms with E-state index in [2.05, 4.69) is 31.2 Å². The predicted octanol–water partition coefficient (Wildman–Crippen LogP) is 4.80. The van der Waals surface area contributed by atoms with Crippen molar-refractivity contribution in [2.24, 2.45) is 28.7 Å². The van der Waals surface area contributed by atoms with Crippen LogP contribution in [0, 0.1) is 23.7 Å². The van der Waals surface area contributed by atoms with E-state index in [1.54, 1.807) is 5.71 Å². The molecule has 19 heavy (non-hydrogen) atoms. The third-order valence-electron chi connectivity index (χ3n) is 5.12. The summed E-state index contributed by atoms with van der Waals surface area (Å²) < 4.78 is 0. The molecule has 1 heteroatoms. The lowest BCUT2D eigenvalue weighted by Gasteiger charge is -2.37. The van der Waals surface area contributed by atoms with Gasteiger partial charge < -0.3 is 0 Å². The predicted molar refractivity (Wildman–Crippen MR) is 82.5 cm³/mol. The van der Waals surface area contributed by atoms with Gasteiger partial charge in [0.05, 0.1) is 0 Å². The second kappa shape index (κ2) is 6.07. The molecule has 0 saturated carbocycles. The summed E-state index contributed by atoms with van der Waals surface area (Å²) in [5.41, 5.74) is 1.58. The Morgan fingerprint density at radius 1 is 1.11 bits per heavy atom. The molecule has 104 valence electrons. The largest absolute Gasteiger partial charge is 0.293 e. The molecule has 0 fully saturated rings. The SMILES string of the molecule is CC1CN=C(C2CC=CCC2)C(C2C=CCCC2)C1. The number of aliphatic imine (C=N–C) groups is 1. The van der Waals surface area contributed by atoms with Crippen molar-refractivity contribution in [3.8, 4) is 0 Å². The van der Waals surface area contributed by atoms with Crippen molar-refractivity contribution in [1.29, 1.82) is 0 Å². The molecule has 1 nitrogen and oxygen atoms in total. The zero-order valence-corrected chi connectivity index (χ0v) is 12.2. The van der Waals surface area contributed by atoms with Crippen molar-refractivity contribution < 1.29 is 0 Å². The highest BCUT2D eigenvalue weighted by Gasteiger charge is 2.33. The van der Waals surface area contributed by atoms with E-state index < -0.39 is 0 Å². The monoisotopic (exact) mass is 257 g/mol. The van der Waals surface area contributed by atoms with Gasteiger partial charge in [-0.25, -0.2) is 0 Å². The van der Waals surface area contributed by atoms with Gasteiger partial charge in [-0.15, -0.1) is 0 Å². The zero-order chi connectivity index (χ0) is 13.1. The second-order valence-electron chi connectivity index (χ2n) is 6.72. The van der Waals surface area contributed by atoms with E-state index in [-0.39, 0.29) is 0 Å². The highest BCUT2D eigenvalue weighted by Crippen LogP contribution is 2.37. The van der Waals surface area contributed by atoms with Crippen LogP contribution in [0.2, 0.25) is 0 Å². The first-order valence-corrected chi connectivity index (χ1v) is 8.20. The summed E-state index contributed by atoms with van der Waals surface area (Å²) in [5, 5.41) is 0. The van der Waals surface area contributed by atoms with E-state index in [4.69, 9.17) is 4.99 Å². The maximum Gasteiger partial charge on any atom is 0.0414 e. The molecule has 0 saturated heterocycles. The molecule has 0 aromatic carbocycles. The first-order chi connectivity index (χ1) is 9.34. The van der Waals surface area contributed by atoms with Crippen LogP contribution in [0.5, 0.6) is 0 Å². The van der Waals surface area contributed by atoms with Gasteiger partial charge in [-0.1, -0.05) is 31.2 Å². The Labute approximate surface area is 117 Å². The van der Waals surface area contributed by atoms with E-state index in [9.17, 15) is 0 Å². The third-order valence-corrected chi connectivity index (χ3v) is 5.12. The Morgan fingerprint density at radius 2 is 2.05 bits per heavy atom. The van der Waals surface area contributed by atoms with Crippen LogP contribution >= 0.6 is 0 Å². The van der Waals surface area contributed by atoms with Gasteiger partial charge in [-0.3, -0.25) is 4.99 Å². The van der Waals surface area contributed by atoms with Crippen LogP contribution in [0.15, 0.2) is 29.3 Å². The van der Waals surface area contributed by atoms with E-state index in [0.717, 1.165) is 30.2 Å². The number of hydrogen-bond donors (Lipinski definition) is 0. The summed E-state index contributed by atoms with van der Waals surface area (Å²) in [7, 11) is 0. The van der Waals surface area contributed by atoms with Gasteiger partial charge in [0.15, 0.2) is 0 Å². The van der Waals surface area contributed by atoms with Crippen LogP contribution in [-0.4, -0.2) is 12.3 Å². The lowest BCUT2D eigenvalue weighted by Crippen LogP contribution is -2.35. The molecule has 0 bridgehead atoms. The van der Waals surface area contributed by atoms with Gasteiger partial charge >= 0.3 is 0 Å². The summed E-state index contributed by atoms with van der Waals surface area (Å²) in [6, 6.07) is 0. The summed E-state index contributed by atoms with van der Waals surface area (Å²) >= 11 is 0. The molecule has 0 spiro atoms. The molecule has 1 aliphatic heterocycles. The van der Waals surface area contributed by atoms with Crippen molar-refractivity contribution in [3.05, 3.63) is 24.3 Å². The molecule has 4 unspecified atom stereocenters. The lowest BCUT2D eigenvalue weighted by atomic mass is 9.71. The maximum atomic E-state index is 5.04. The van der Waals surface area contributed by atoms with Crippen LogP contribution in [0.25, 0.3) is 0 Å². The van der Waals surface area contributed by atoms with Crippen molar-refractivity contribution in [2.45, 2.75) is 51.9 Å². The van der Waals surface area contributed by atoms with E-state index in [1.165, 1.54) is 44.9 Å². The second-order valence-corrected chi connectivity index (χ2v) is 6.72. The molecule has 2 aliphatic carbocycles. The molecule has 0 aromatic rings. The minimum Gasteiger partial charge on any atom is -0.293 e. The van der Waals surface area contributed by atoms with Gasteiger partial charge in [-0.2, -0.15) is 0 Å². The Bertz CT molecular complexity index is 390. The average molecular weight is 257 g/mol. The van der Waals surface area contributed by atoms with Crippen LogP contribution in [0.1, 0.15) is 51.9 Å². The number of nitrogens with zero attached hydrogens (tertiary/aromatic N) is 1. The molecule has 0 radical (unpaired) electrons. The van der Waals surface area contributed by atoms with E-state index in [0.29, 0.717) is 0 Å². The van der Waals surface area contributed by atoms with E-state index in [1.807, 2.05) is 0 Å². The van der Waals surface area contributed by atoms with Crippen LogP contribution in [0.4, 0.5) is 0 Å². The molecule has 0 amide bonds. The maximum absolute atomic E-state index is 5.04. The van der Waals surface area contributed by atoms with Gasteiger partial charge in [0, 0.05) is 24.1 Å². The molecule has 0 N–H and O–H groups in total. The van der Waals surface area contributed by atoms with Gasteiger partial charge in [0.2, 0.25) is 0 Å². The minimum atomic E-state index is 0.747. The normalized spacial score (nSPS) is 39.1. The summed E-state index contributed by atoms with van der Waals surface area (Å²) in [5.74, 6) is 3.05. The highest BCUT2D eigenvalue weighted by atomic mass is 14.8. The first-order valence-electron chi connectivity index (χ1n) is 8.20. The number of allylic oxidation sites excluding steroid dienone is 4. The lowest BCUT2D eigenvalue weighted by molar-refractivity contribution is 0.337.